The number of hydrogen-bond donors (Lipinski definition) is 0. The van der Waals surface area contributed by atoms with E-state index >= 15 is 0 Å². The molecule has 1 aromatic carbocycles. The third kappa shape index (κ3) is 4.81. The van der Waals surface area contributed by atoms with Crippen LogP contribution < -0.4 is 9.80 Å². The van der Waals surface area contributed by atoms with Crippen LogP contribution in [0.4, 0.5) is 11.6 Å². The number of hydrogen-bond acceptors (Lipinski definition) is 8. The van der Waals surface area contributed by atoms with E-state index in [1.165, 1.54) is 12.0 Å². The molecule has 9 heteroatoms. The number of nitrogens with zero attached hydrogens (tertiary/aromatic N) is 5. The van der Waals surface area contributed by atoms with Gasteiger partial charge in [-0.3, -0.25) is 0 Å². The van der Waals surface area contributed by atoms with Gasteiger partial charge in [0.25, 0.3) is 5.95 Å². The van der Waals surface area contributed by atoms with Gasteiger partial charge >= 0.3 is 5.97 Å². The van der Waals surface area contributed by atoms with E-state index in [4.69, 9.17) is 9.57 Å². The highest BCUT2D eigenvalue weighted by Crippen LogP contribution is 2.29. The van der Waals surface area contributed by atoms with Crippen LogP contribution in [0.3, 0.4) is 0 Å². The van der Waals surface area contributed by atoms with Crippen molar-refractivity contribution in [3.8, 4) is 16.3 Å². The van der Waals surface area contributed by atoms with Crippen LogP contribution in [-0.2, 0) is 16.2 Å². The molecule has 8 nitrogen and oxygen atoms in total. The summed E-state index contributed by atoms with van der Waals surface area (Å²) in [4.78, 5) is 31.0. The molecule has 0 fully saturated rings. The first kappa shape index (κ1) is 19.6. The smallest absolute Gasteiger partial charge is 0.330 e. The molecule has 152 valence electrons. The largest absolute Gasteiger partial charge is 0.492 e. The lowest BCUT2D eigenvalue weighted by Gasteiger charge is -2.21. The van der Waals surface area contributed by atoms with Crippen molar-refractivity contribution in [1.29, 1.82) is 0 Å². The number of rotatable bonds is 8. The van der Waals surface area contributed by atoms with Crippen molar-refractivity contribution >= 4 is 28.9 Å². The number of anilines is 2. The second kappa shape index (κ2) is 9.19. The third-order valence-electron chi connectivity index (χ3n) is 4.05. The topological polar surface area (TPSA) is 82.4 Å². The SMILES string of the molecule is CC(=O)ON(c1cccc(OCCn2ccnc2)c1)c1nccc(-c2cccs2)n1. The van der Waals surface area contributed by atoms with Gasteiger partial charge in [-0.1, -0.05) is 12.1 Å². The van der Waals surface area contributed by atoms with Gasteiger partial charge in [0.15, 0.2) is 0 Å². The van der Waals surface area contributed by atoms with Gasteiger partial charge in [0, 0.05) is 31.6 Å². The normalized spacial score (nSPS) is 10.6. The molecule has 3 aromatic heterocycles. The number of aromatic nitrogens is 4. The average molecular weight is 421 g/mol. The number of ether oxygens (including phenoxy) is 1. The van der Waals surface area contributed by atoms with Crippen molar-refractivity contribution in [3.05, 3.63) is 72.8 Å². The minimum absolute atomic E-state index is 0.256. The minimum atomic E-state index is -0.480. The molecule has 0 aliphatic heterocycles. The van der Waals surface area contributed by atoms with Gasteiger partial charge in [0.05, 0.1) is 29.1 Å². The second-order valence-electron chi connectivity index (χ2n) is 6.24. The van der Waals surface area contributed by atoms with Gasteiger partial charge in [-0.2, -0.15) is 0 Å². The molecule has 0 N–H and O–H groups in total. The Morgan fingerprint density at radius 3 is 2.90 bits per heavy atom. The summed E-state index contributed by atoms with van der Waals surface area (Å²) in [6, 6.07) is 13.0. The lowest BCUT2D eigenvalue weighted by atomic mass is 10.3. The van der Waals surface area contributed by atoms with E-state index in [1.807, 2.05) is 46.5 Å². The van der Waals surface area contributed by atoms with E-state index in [9.17, 15) is 4.79 Å². The number of thiophene rings is 1. The summed E-state index contributed by atoms with van der Waals surface area (Å²) >= 11 is 1.57. The number of carbonyl (C=O) groups is 1. The molecule has 30 heavy (non-hydrogen) atoms. The van der Waals surface area contributed by atoms with Gasteiger partial charge in [0.1, 0.15) is 12.4 Å². The number of benzene rings is 1. The van der Waals surface area contributed by atoms with Crippen LogP contribution in [0, 0.1) is 0 Å². The molecule has 0 radical (unpaired) electrons. The molecule has 3 heterocycles. The maximum Gasteiger partial charge on any atom is 0.330 e. The zero-order valence-electron chi connectivity index (χ0n) is 16.2. The van der Waals surface area contributed by atoms with Crippen molar-refractivity contribution in [2.24, 2.45) is 0 Å². The van der Waals surface area contributed by atoms with Crippen LogP contribution in [0.2, 0.25) is 0 Å². The highest BCUT2D eigenvalue weighted by Gasteiger charge is 2.18. The number of imidazole rings is 1. The van der Waals surface area contributed by atoms with Crippen molar-refractivity contribution in [3.63, 3.8) is 0 Å². The highest BCUT2D eigenvalue weighted by molar-refractivity contribution is 7.13. The molecule has 0 saturated heterocycles. The molecule has 0 aliphatic carbocycles. The van der Waals surface area contributed by atoms with Crippen molar-refractivity contribution in [2.75, 3.05) is 11.7 Å². The van der Waals surface area contributed by atoms with Crippen LogP contribution >= 0.6 is 11.3 Å². The Bertz CT molecular complexity index is 1100. The van der Waals surface area contributed by atoms with Crippen molar-refractivity contribution in [2.45, 2.75) is 13.5 Å². The molecule has 0 aliphatic rings. The van der Waals surface area contributed by atoms with Gasteiger partial charge in [0.2, 0.25) is 0 Å². The van der Waals surface area contributed by atoms with E-state index in [2.05, 4.69) is 15.0 Å². The third-order valence-corrected chi connectivity index (χ3v) is 4.94. The Kier molecular flexibility index (Phi) is 6.00. The Balaban J connectivity index is 1.56. The van der Waals surface area contributed by atoms with Crippen LogP contribution in [0.15, 0.2) is 72.8 Å². The first-order chi connectivity index (χ1) is 14.7. The highest BCUT2D eigenvalue weighted by atomic mass is 32.1. The summed E-state index contributed by atoms with van der Waals surface area (Å²) in [6.07, 6.45) is 6.97. The summed E-state index contributed by atoms with van der Waals surface area (Å²) < 4.78 is 7.77. The molecule has 0 unspecified atom stereocenters. The van der Waals surface area contributed by atoms with Gasteiger partial charge < -0.3 is 14.1 Å². The fourth-order valence-corrected chi connectivity index (χ4v) is 3.43. The summed E-state index contributed by atoms with van der Waals surface area (Å²) in [7, 11) is 0. The fraction of sp³-hybridized carbons (Fsp3) is 0.143. The molecule has 0 spiro atoms. The Morgan fingerprint density at radius 2 is 2.13 bits per heavy atom. The zero-order chi connectivity index (χ0) is 20.8. The molecule has 0 bridgehead atoms. The zero-order valence-corrected chi connectivity index (χ0v) is 17.0. The molecule has 0 amide bonds. The molecular weight excluding hydrogens is 402 g/mol. The lowest BCUT2D eigenvalue weighted by molar-refractivity contribution is -0.141. The van der Waals surface area contributed by atoms with E-state index in [-0.39, 0.29) is 5.95 Å². The second-order valence-corrected chi connectivity index (χ2v) is 7.19. The lowest BCUT2D eigenvalue weighted by Crippen LogP contribution is -2.23. The molecule has 4 rings (SSSR count). The summed E-state index contributed by atoms with van der Waals surface area (Å²) in [5.74, 6) is 0.414. The Hall–Kier alpha value is -3.72. The first-order valence-corrected chi connectivity index (χ1v) is 10.1. The maximum absolute atomic E-state index is 11.7. The predicted molar refractivity (Wildman–Crippen MR) is 113 cm³/mol. The van der Waals surface area contributed by atoms with E-state index < -0.39 is 5.97 Å². The molecule has 4 aromatic rings. The average Bonchev–Trinajstić information content (AvgIpc) is 3.47. The van der Waals surface area contributed by atoms with Crippen LogP contribution in [0.25, 0.3) is 10.6 Å². The summed E-state index contributed by atoms with van der Waals surface area (Å²) in [6.45, 7) is 2.48. The Labute approximate surface area is 177 Å². The summed E-state index contributed by atoms with van der Waals surface area (Å²) in [5, 5.41) is 3.29. The van der Waals surface area contributed by atoms with Gasteiger partial charge in [-0.05, 0) is 29.6 Å². The van der Waals surface area contributed by atoms with Gasteiger partial charge in [-0.15, -0.1) is 16.4 Å². The Morgan fingerprint density at radius 1 is 1.20 bits per heavy atom. The van der Waals surface area contributed by atoms with Crippen LogP contribution in [-0.4, -0.2) is 32.1 Å². The predicted octanol–water partition coefficient (Wildman–Crippen LogP) is 4.10. The van der Waals surface area contributed by atoms with E-state index in [0.717, 1.165) is 10.6 Å². The summed E-state index contributed by atoms with van der Waals surface area (Å²) in [5.41, 5.74) is 1.33. The standard InChI is InChI=1S/C21H19N5O3S/c1-16(27)29-26(21-23-8-7-19(24-21)20-6-3-13-30-20)17-4-2-5-18(14-17)28-12-11-25-10-9-22-15-25/h2-10,13-15H,11-12H2,1H3. The maximum atomic E-state index is 11.7. The monoisotopic (exact) mass is 421 g/mol. The molecular formula is C21H19N5O3S. The van der Waals surface area contributed by atoms with Crippen LogP contribution in [0.5, 0.6) is 5.75 Å². The molecule has 0 saturated carbocycles. The van der Waals surface area contributed by atoms with Crippen LogP contribution in [0.1, 0.15) is 6.92 Å². The van der Waals surface area contributed by atoms with E-state index in [0.29, 0.717) is 24.6 Å². The van der Waals surface area contributed by atoms with E-state index in [1.54, 1.807) is 42.2 Å². The first-order valence-electron chi connectivity index (χ1n) is 9.23. The van der Waals surface area contributed by atoms with Gasteiger partial charge in [-0.25, -0.2) is 19.7 Å². The number of carbonyl (C=O) groups excluding carboxylic acids is 1. The minimum Gasteiger partial charge on any atom is -0.492 e. The molecule has 0 atom stereocenters. The van der Waals surface area contributed by atoms with Crippen molar-refractivity contribution < 1.29 is 14.4 Å². The van der Waals surface area contributed by atoms with Crippen molar-refractivity contribution in [1.82, 2.24) is 19.5 Å². The quantitative estimate of drug-likeness (QED) is 0.396. The fourth-order valence-electron chi connectivity index (χ4n) is 2.73.